The van der Waals surface area contributed by atoms with Gasteiger partial charge in [0.2, 0.25) is 5.91 Å². The molecule has 1 heterocycles. The Kier molecular flexibility index (Phi) is 8.69. The van der Waals surface area contributed by atoms with Crippen LogP contribution in [0.1, 0.15) is 42.4 Å². The summed E-state index contributed by atoms with van der Waals surface area (Å²) in [5.41, 5.74) is 2.04. The van der Waals surface area contributed by atoms with Gasteiger partial charge < -0.3 is 19.9 Å². The smallest absolute Gasteiger partial charge is 0.382 e. The number of hydrogen-bond acceptors (Lipinski definition) is 7. The van der Waals surface area contributed by atoms with Gasteiger partial charge in [-0.05, 0) is 69.4 Å². The van der Waals surface area contributed by atoms with E-state index in [0.29, 0.717) is 38.8 Å². The van der Waals surface area contributed by atoms with Crippen LogP contribution in [0.25, 0.3) is 0 Å². The molecule has 2 fully saturated rings. The molecule has 2 aromatic carbocycles. The third kappa shape index (κ3) is 6.89. The van der Waals surface area contributed by atoms with Crippen LogP contribution in [0.5, 0.6) is 0 Å². The van der Waals surface area contributed by atoms with Crippen LogP contribution in [0.2, 0.25) is 0 Å². The van der Waals surface area contributed by atoms with E-state index in [9.17, 15) is 18.0 Å². The zero-order valence-electron chi connectivity index (χ0n) is 21.7. The number of piperazine rings is 1. The number of benzene rings is 2. The molecule has 1 saturated carbocycles. The van der Waals surface area contributed by atoms with Gasteiger partial charge in [-0.25, -0.2) is 0 Å². The predicted molar refractivity (Wildman–Crippen MR) is 138 cm³/mol. The first-order chi connectivity index (χ1) is 18.0. The monoisotopic (exact) mass is 536 g/mol. The molecular formula is C27H35F3N4O4. The van der Waals surface area contributed by atoms with Crippen molar-refractivity contribution in [2.75, 3.05) is 48.2 Å². The number of hydrogen-bond donors (Lipinski definition) is 3. The lowest BCUT2D eigenvalue weighted by molar-refractivity contribution is -0.139. The summed E-state index contributed by atoms with van der Waals surface area (Å²) >= 11 is 0. The Balaban J connectivity index is 1.20. The Hall–Kier alpha value is -3.02. The van der Waals surface area contributed by atoms with Gasteiger partial charge in [0.1, 0.15) is 12.3 Å². The van der Waals surface area contributed by atoms with Crippen molar-refractivity contribution in [2.45, 2.75) is 57.9 Å². The molecule has 4 rings (SSSR count). The van der Waals surface area contributed by atoms with Crippen molar-refractivity contribution in [1.82, 2.24) is 4.90 Å². The first-order valence-corrected chi connectivity index (χ1v) is 12.9. The van der Waals surface area contributed by atoms with E-state index in [1.807, 2.05) is 4.90 Å². The molecule has 2 aromatic rings. The molecular weight excluding hydrogens is 501 g/mol. The highest BCUT2D eigenvalue weighted by molar-refractivity contribution is 5.77. The van der Waals surface area contributed by atoms with Gasteiger partial charge in [-0.3, -0.25) is 15.2 Å². The maximum atomic E-state index is 13.3. The van der Waals surface area contributed by atoms with E-state index < -0.39 is 22.7 Å². The Morgan fingerprint density at radius 1 is 1.03 bits per heavy atom. The van der Waals surface area contributed by atoms with Gasteiger partial charge in [0.25, 0.3) is 0 Å². The second kappa shape index (κ2) is 11.8. The van der Waals surface area contributed by atoms with Crippen molar-refractivity contribution in [3.63, 3.8) is 0 Å². The number of nitrogens with one attached hydrogen (secondary N) is 1. The molecule has 0 spiro atoms. The Morgan fingerprint density at radius 2 is 1.71 bits per heavy atom. The molecule has 0 aromatic heterocycles. The minimum atomic E-state index is -4.74. The van der Waals surface area contributed by atoms with E-state index in [4.69, 9.17) is 15.2 Å². The maximum absolute atomic E-state index is 13.3. The molecule has 1 aliphatic heterocycles. The molecule has 0 radical (unpaired) electrons. The first kappa shape index (κ1) is 28.0. The lowest BCUT2D eigenvalue weighted by Gasteiger charge is -2.37. The Labute approximate surface area is 220 Å². The second-order valence-corrected chi connectivity index (χ2v) is 10.1. The highest BCUT2D eigenvalue weighted by Crippen LogP contribution is 2.38. The highest BCUT2D eigenvalue weighted by Gasteiger charge is 2.35. The van der Waals surface area contributed by atoms with E-state index in [1.165, 1.54) is 22.9 Å². The van der Waals surface area contributed by atoms with Crippen LogP contribution in [-0.4, -0.2) is 66.2 Å². The number of carbonyl (C=O) groups excluding carboxylic acids is 1. The second-order valence-electron chi connectivity index (χ2n) is 10.1. The summed E-state index contributed by atoms with van der Waals surface area (Å²) in [5.74, 6) is -0.0212. The summed E-state index contributed by atoms with van der Waals surface area (Å²) in [7, 11) is 0. The van der Waals surface area contributed by atoms with Crippen molar-refractivity contribution >= 4 is 23.0 Å². The number of carbonyl (C=O) groups is 1. The van der Waals surface area contributed by atoms with Crippen LogP contribution < -0.4 is 15.4 Å². The summed E-state index contributed by atoms with van der Waals surface area (Å²) in [6.45, 7) is 7.06. The minimum absolute atomic E-state index is 0.0212. The zero-order valence-corrected chi connectivity index (χ0v) is 21.7. The van der Waals surface area contributed by atoms with E-state index in [1.54, 1.807) is 0 Å². The largest absolute Gasteiger partial charge is 0.418 e. The molecule has 208 valence electrons. The summed E-state index contributed by atoms with van der Waals surface area (Å²) in [6.07, 6.45) is -2.06. The average Bonchev–Trinajstić information content (AvgIpc) is 2.87. The number of halogens is 3. The van der Waals surface area contributed by atoms with Gasteiger partial charge in [0, 0.05) is 43.6 Å². The maximum Gasteiger partial charge on any atom is 0.418 e. The quantitative estimate of drug-likeness (QED) is 0.430. The van der Waals surface area contributed by atoms with Gasteiger partial charge in [-0.2, -0.15) is 13.2 Å². The van der Waals surface area contributed by atoms with Crippen molar-refractivity contribution in [1.29, 1.82) is 0 Å². The SMILES string of the molecule is Cc1ccc(N2CCN(C(=O)COC3CCC(Nc4ccc(N(O)O)c(C(F)(F)F)c4)CC3)CC2)c(C)c1. The highest BCUT2D eigenvalue weighted by atomic mass is 19.4. The summed E-state index contributed by atoms with van der Waals surface area (Å²) in [4.78, 5) is 16.9. The predicted octanol–water partition coefficient (Wildman–Crippen LogP) is 5.00. The van der Waals surface area contributed by atoms with Gasteiger partial charge in [0.15, 0.2) is 0 Å². The third-order valence-corrected chi connectivity index (χ3v) is 7.33. The number of amides is 1. The number of nitrogens with zero attached hydrogens (tertiary/aromatic N) is 3. The van der Waals surface area contributed by atoms with Crippen molar-refractivity contribution in [2.24, 2.45) is 0 Å². The standard InChI is InChI=1S/C27H35F3N4O4/c1-18-3-9-24(19(2)15-18)32-11-13-33(14-12-32)26(35)17-38-22-7-4-20(5-8-22)31-21-6-10-25(34(36)37)23(16-21)27(28,29)30/h3,6,9-10,15-16,20,22,31,36-37H,4-5,7-8,11-14,17H2,1-2H3. The summed E-state index contributed by atoms with van der Waals surface area (Å²) in [6, 6.07) is 9.62. The molecule has 11 heteroatoms. The van der Waals surface area contributed by atoms with E-state index in [0.717, 1.165) is 25.2 Å². The molecule has 3 N–H and O–H groups in total. The number of aryl methyl sites for hydroxylation is 2. The fourth-order valence-electron chi connectivity index (χ4n) is 5.27. The van der Waals surface area contributed by atoms with E-state index in [-0.39, 0.29) is 30.3 Å². The molecule has 0 unspecified atom stereocenters. The molecule has 38 heavy (non-hydrogen) atoms. The molecule has 1 aliphatic carbocycles. The minimum Gasteiger partial charge on any atom is -0.382 e. The molecule has 0 bridgehead atoms. The normalized spacial score (nSPS) is 20.4. The van der Waals surface area contributed by atoms with Crippen LogP contribution in [0.15, 0.2) is 36.4 Å². The molecule has 2 aliphatic rings. The van der Waals surface area contributed by atoms with Crippen LogP contribution in [0.4, 0.5) is 30.2 Å². The van der Waals surface area contributed by atoms with Crippen molar-refractivity contribution in [3.05, 3.63) is 53.1 Å². The zero-order chi connectivity index (χ0) is 27.4. The Morgan fingerprint density at radius 3 is 2.32 bits per heavy atom. The van der Waals surface area contributed by atoms with Crippen molar-refractivity contribution < 1.29 is 33.1 Å². The topological polar surface area (TPSA) is 88.5 Å². The van der Waals surface area contributed by atoms with Crippen molar-refractivity contribution in [3.8, 4) is 0 Å². The molecule has 1 saturated heterocycles. The summed E-state index contributed by atoms with van der Waals surface area (Å²) in [5, 5.41) is 20.7. The first-order valence-electron chi connectivity index (χ1n) is 12.9. The number of ether oxygens (including phenoxy) is 1. The van der Waals surface area contributed by atoms with Crippen LogP contribution in [-0.2, 0) is 15.7 Å². The third-order valence-electron chi connectivity index (χ3n) is 7.33. The van der Waals surface area contributed by atoms with Crippen LogP contribution in [0, 0.1) is 13.8 Å². The fourth-order valence-corrected chi connectivity index (χ4v) is 5.27. The Bertz CT molecular complexity index is 1110. The lowest BCUT2D eigenvalue weighted by atomic mass is 9.92. The summed E-state index contributed by atoms with van der Waals surface area (Å²) < 4.78 is 45.8. The van der Waals surface area contributed by atoms with Crippen LogP contribution in [0.3, 0.4) is 0 Å². The molecule has 1 amide bonds. The number of alkyl halides is 3. The van der Waals surface area contributed by atoms with Crippen LogP contribution >= 0.6 is 0 Å². The van der Waals surface area contributed by atoms with E-state index >= 15 is 0 Å². The molecule has 0 atom stereocenters. The number of anilines is 3. The molecule has 8 nitrogen and oxygen atoms in total. The average molecular weight is 537 g/mol. The fraction of sp³-hybridized carbons (Fsp3) is 0.519. The van der Waals surface area contributed by atoms with Gasteiger partial charge in [0.05, 0.1) is 11.7 Å². The van der Waals surface area contributed by atoms with Gasteiger partial charge in [-0.1, -0.05) is 17.7 Å². The lowest BCUT2D eigenvalue weighted by Crippen LogP contribution is -2.50. The van der Waals surface area contributed by atoms with Gasteiger partial charge in [-0.15, -0.1) is 5.23 Å². The van der Waals surface area contributed by atoms with E-state index in [2.05, 4.69) is 42.3 Å². The number of rotatable bonds is 7. The van der Waals surface area contributed by atoms with Gasteiger partial charge >= 0.3 is 6.18 Å².